The van der Waals surface area contributed by atoms with Gasteiger partial charge in [-0.2, -0.15) is 37.9 Å². The number of aliphatic hydroxyl groups is 7. The van der Waals surface area contributed by atoms with Crippen molar-refractivity contribution in [2.24, 2.45) is 10.8 Å². The van der Waals surface area contributed by atoms with Crippen LogP contribution in [0.1, 0.15) is 13.3 Å². The Morgan fingerprint density at radius 3 is 0.667 bits per heavy atom. The lowest BCUT2D eigenvalue weighted by molar-refractivity contribution is -0.134. The second-order valence-electron chi connectivity index (χ2n) is 6.12. The van der Waals surface area contributed by atoms with Crippen molar-refractivity contribution in [1.29, 1.82) is 0 Å². The van der Waals surface area contributed by atoms with Gasteiger partial charge in [0.15, 0.2) is 0 Å². The number of aliphatic hydroxyl groups excluding tert-OH is 7. The van der Waals surface area contributed by atoms with Gasteiger partial charge in [-0.1, -0.05) is 6.92 Å². The number of hydrogen-bond acceptors (Lipinski definition) is 13. The van der Waals surface area contributed by atoms with Gasteiger partial charge in [-0.3, -0.25) is 14.4 Å². The van der Waals surface area contributed by atoms with E-state index in [-0.39, 0.29) is 37.1 Å². The average molecular weight is 547 g/mol. The summed E-state index contributed by atoms with van der Waals surface area (Å²) in [5, 5.41) is 82.9. The predicted octanol–water partition coefficient (Wildman–Crippen LogP) is -2.70. The van der Waals surface area contributed by atoms with Crippen molar-refractivity contribution in [2.75, 3.05) is 63.5 Å². The molecule has 0 bridgehead atoms. The Labute approximate surface area is 208 Å². The van der Waals surface area contributed by atoms with Crippen LogP contribution in [-0.4, -0.2) is 132 Å². The summed E-state index contributed by atoms with van der Waals surface area (Å²) in [5.74, 6) is -2.89. The van der Waals surface area contributed by atoms with Crippen molar-refractivity contribution >= 4 is 55.8 Å². The zero-order valence-corrected chi connectivity index (χ0v) is 21.0. The first-order valence-electron chi connectivity index (χ1n) is 9.04. The molecule has 0 aromatic carbocycles. The minimum atomic E-state index is -1.11. The summed E-state index contributed by atoms with van der Waals surface area (Å²) in [6, 6.07) is 0. The maximum Gasteiger partial charge on any atom is 0.313 e. The van der Waals surface area contributed by atoms with Crippen LogP contribution < -0.4 is 0 Å². The fraction of sp³-hybridized carbons (Fsp3) is 0.824. The molecule has 0 amide bonds. The van der Waals surface area contributed by atoms with E-state index in [1.165, 1.54) is 0 Å². The van der Waals surface area contributed by atoms with E-state index in [0.717, 1.165) is 0 Å². The van der Waals surface area contributed by atoms with E-state index in [4.69, 9.17) is 51.1 Å². The normalized spacial score (nSPS) is 9.91. The van der Waals surface area contributed by atoms with E-state index in [0.29, 0.717) is 6.42 Å². The highest BCUT2D eigenvalue weighted by atomic mass is 32.1. The maximum atomic E-state index is 9.29. The largest absolute Gasteiger partial charge is 0.481 e. The van der Waals surface area contributed by atoms with Gasteiger partial charge >= 0.3 is 17.9 Å². The number of hydrogen-bond donors (Lipinski definition) is 13. The van der Waals surface area contributed by atoms with Crippen molar-refractivity contribution in [3.05, 3.63) is 0 Å². The van der Waals surface area contributed by atoms with E-state index in [9.17, 15) is 14.4 Å². The molecule has 0 atom stereocenters. The standard InChI is InChI=1S/C6H14O3.C5H12O4.3C2H4O2S/c1-2-6(3-7,4-8)5-9;6-1-5(2-7,3-8)4-9;3*3-2(4)1-5/h7-9H,2-5H2,1H3;6-9H,1-4H2;3*5H,1H2,(H,3,4). The second-order valence-corrected chi connectivity index (χ2v) is 7.06. The Morgan fingerprint density at radius 1 is 0.515 bits per heavy atom. The SMILES string of the molecule is CCC(CO)(CO)CO.O=C(O)CS.O=C(O)CS.O=C(O)CS.OCC(CO)(CO)CO. The van der Waals surface area contributed by atoms with Crippen LogP contribution in [0.25, 0.3) is 0 Å². The number of rotatable bonds is 11. The van der Waals surface area contributed by atoms with Crippen LogP contribution >= 0.6 is 37.9 Å². The van der Waals surface area contributed by atoms with Crippen molar-refractivity contribution in [2.45, 2.75) is 13.3 Å². The number of carboxylic acid groups (broad SMARTS) is 3. The number of carbonyl (C=O) groups is 3. The van der Waals surface area contributed by atoms with Gasteiger partial charge in [-0.25, -0.2) is 0 Å². The molecule has 0 radical (unpaired) electrons. The number of aliphatic carboxylic acids is 3. The monoisotopic (exact) mass is 546 g/mol. The fourth-order valence-electron chi connectivity index (χ4n) is 0.785. The van der Waals surface area contributed by atoms with Gasteiger partial charge in [-0.05, 0) is 6.42 Å². The maximum absolute atomic E-state index is 9.29. The Balaban J connectivity index is -0.000000102. The summed E-state index contributed by atoms with van der Waals surface area (Å²) in [7, 11) is 0. The van der Waals surface area contributed by atoms with Crippen LogP contribution in [0.4, 0.5) is 0 Å². The summed E-state index contributed by atoms with van der Waals surface area (Å²) in [5.41, 5.74) is -1.78. The average Bonchev–Trinajstić information content (AvgIpc) is 2.84. The Morgan fingerprint density at radius 2 is 0.667 bits per heavy atom. The minimum absolute atomic E-state index is 0.0833. The smallest absolute Gasteiger partial charge is 0.313 e. The van der Waals surface area contributed by atoms with Gasteiger partial charge in [0.2, 0.25) is 0 Å². The molecule has 0 aliphatic heterocycles. The molecule has 0 aromatic heterocycles. The van der Waals surface area contributed by atoms with Crippen molar-refractivity contribution < 1.29 is 65.4 Å². The third kappa shape index (κ3) is 31.2. The second kappa shape index (κ2) is 29.2. The van der Waals surface area contributed by atoms with Crippen LogP contribution in [0, 0.1) is 10.8 Å². The fourth-order valence-corrected chi connectivity index (χ4v) is 0.785. The van der Waals surface area contributed by atoms with Crippen LogP contribution in [0.3, 0.4) is 0 Å². The highest BCUT2D eigenvalue weighted by Gasteiger charge is 2.26. The molecule has 0 aliphatic rings. The lowest BCUT2D eigenvalue weighted by atomic mass is 9.88. The van der Waals surface area contributed by atoms with Gasteiger partial charge in [0.05, 0.1) is 68.9 Å². The van der Waals surface area contributed by atoms with Crippen molar-refractivity contribution in [3.8, 4) is 0 Å². The molecule has 16 heteroatoms. The highest BCUT2D eigenvalue weighted by Crippen LogP contribution is 2.18. The first-order chi connectivity index (χ1) is 15.3. The van der Waals surface area contributed by atoms with E-state index < -0.39 is 55.2 Å². The van der Waals surface area contributed by atoms with Gasteiger partial charge in [0, 0.05) is 5.41 Å². The summed E-state index contributed by atoms with van der Waals surface area (Å²) < 4.78 is 0. The quantitative estimate of drug-likeness (QED) is 0.118. The van der Waals surface area contributed by atoms with Crippen LogP contribution in [0.2, 0.25) is 0 Å². The van der Waals surface area contributed by atoms with Crippen LogP contribution in [0.15, 0.2) is 0 Å². The van der Waals surface area contributed by atoms with Gasteiger partial charge < -0.3 is 51.1 Å². The van der Waals surface area contributed by atoms with Crippen molar-refractivity contribution in [3.63, 3.8) is 0 Å². The molecule has 0 rings (SSSR count). The van der Waals surface area contributed by atoms with E-state index >= 15 is 0 Å². The molecule has 0 heterocycles. The van der Waals surface area contributed by atoms with Crippen LogP contribution in [0.5, 0.6) is 0 Å². The third-order valence-corrected chi connectivity index (χ3v) is 4.32. The molecular weight excluding hydrogens is 508 g/mol. The Bertz CT molecular complexity index is 371. The molecule has 0 spiro atoms. The van der Waals surface area contributed by atoms with Gasteiger partial charge in [0.1, 0.15) is 0 Å². The predicted molar refractivity (Wildman–Crippen MR) is 129 cm³/mol. The van der Waals surface area contributed by atoms with Crippen LogP contribution in [-0.2, 0) is 14.4 Å². The molecule has 33 heavy (non-hydrogen) atoms. The minimum Gasteiger partial charge on any atom is -0.481 e. The van der Waals surface area contributed by atoms with Gasteiger partial charge in [-0.15, -0.1) is 0 Å². The highest BCUT2D eigenvalue weighted by molar-refractivity contribution is 7.81. The molecule has 202 valence electrons. The summed E-state index contributed by atoms with van der Waals surface area (Å²) >= 11 is 10.2. The van der Waals surface area contributed by atoms with Gasteiger partial charge in [0.25, 0.3) is 0 Å². The topological polar surface area (TPSA) is 254 Å². The molecule has 0 aliphatic carbocycles. The number of thiol groups is 3. The molecule has 13 nitrogen and oxygen atoms in total. The number of carboxylic acids is 3. The molecule has 0 fully saturated rings. The zero-order chi connectivity index (χ0) is 27.5. The summed E-state index contributed by atoms with van der Waals surface area (Å²) in [6.45, 7) is -0.272. The first-order valence-corrected chi connectivity index (χ1v) is 10.9. The molecule has 0 saturated carbocycles. The molecule has 10 N–H and O–H groups in total. The molecular formula is C17H38O13S3. The molecule has 0 saturated heterocycles. The lowest BCUT2D eigenvalue weighted by Crippen LogP contribution is -2.37. The Kier molecular flexibility index (Phi) is 37.5. The van der Waals surface area contributed by atoms with Crippen molar-refractivity contribution in [1.82, 2.24) is 0 Å². The van der Waals surface area contributed by atoms with E-state index in [1.807, 2.05) is 6.92 Å². The Hall–Kier alpha value is -0.820. The van der Waals surface area contributed by atoms with E-state index in [2.05, 4.69) is 37.9 Å². The summed E-state index contributed by atoms with van der Waals surface area (Å²) in [6.07, 6.45) is 0.594. The molecule has 0 unspecified atom stereocenters. The third-order valence-electron chi connectivity index (χ3n) is 3.50. The summed E-state index contributed by atoms with van der Waals surface area (Å²) in [4.78, 5) is 27.9. The lowest BCUT2D eigenvalue weighted by Gasteiger charge is -2.24. The first kappa shape index (κ1) is 42.3. The zero-order valence-electron chi connectivity index (χ0n) is 18.3. The molecule has 0 aromatic rings. The van der Waals surface area contributed by atoms with E-state index in [1.54, 1.807) is 0 Å².